The van der Waals surface area contributed by atoms with Gasteiger partial charge in [0.2, 0.25) is 5.91 Å². The van der Waals surface area contributed by atoms with Crippen molar-refractivity contribution in [2.24, 2.45) is 5.92 Å². The molecule has 0 saturated heterocycles. The molecular formula is C19H28N6O. The van der Waals surface area contributed by atoms with Gasteiger partial charge in [-0.05, 0) is 37.5 Å². The molecule has 1 aliphatic carbocycles. The van der Waals surface area contributed by atoms with Crippen molar-refractivity contribution in [1.82, 2.24) is 25.3 Å². The molecule has 0 bridgehead atoms. The molecule has 3 rings (SSSR count). The van der Waals surface area contributed by atoms with Crippen LogP contribution >= 0.6 is 0 Å². The summed E-state index contributed by atoms with van der Waals surface area (Å²) in [6, 6.07) is 5.65. The molecule has 140 valence electrons. The number of hydrogen-bond acceptors (Lipinski definition) is 5. The number of aromatic nitrogens is 4. The normalized spacial score (nSPS) is 15.0. The lowest BCUT2D eigenvalue weighted by atomic mass is 9.86. The summed E-state index contributed by atoms with van der Waals surface area (Å²) in [5.41, 5.74) is 0.938. The first kappa shape index (κ1) is 18.4. The predicted octanol–water partition coefficient (Wildman–Crippen LogP) is 2.86. The highest BCUT2D eigenvalue weighted by atomic mass is 16.1. The lowest BCUT2D eigenvalue weighted by Crippen LogP contribution is -2.29. The van der Waals surface area contributed by atoms with Gasteiger partial charge in [0.05, 0.1) is 5.69 Å². The Bertz CT molecular complexity index is 690. The van der Waals surface area contributed by atoms with E-state index in [0.29, 0.717) is 31.1 Å². The number of nitrogens with zero attached hydrogens (tertiary/aromatic N) is 4. The zero-order valence-corrected chi connectivity index (χ0v) is 15.4. The van der Waals surface area contributed by atoms with E-state index >= 15 is 0 Å². The second kappa shape index (κ2) is 9.31. The molecule has 1 aliphatic rings. The first-order valence-electron chi connectivity index (χ1n) is 9.57. The molecule has 0 aromatic carbocycles. The number of rotatable bonds is 8. The summed E-state index contributed by atoms with van der Waals surface area (Å²) in [6.45, 7) is 3.15. The third kappa shape index (κ3) is 5.54. The molecule has 1 amide bonds. The molecule has 0 unspecified atom stereocenters. The molecule has 2 aromatic heterocycles. The van der Waals surface area contributed by atoms with Crippen molar-refractivity contribution in [2.75, 3.05) is 18.4 Å². The van der Waals surface area contributed by atoms with Gasteiger partial charge in [-0.3, -0.25) is 4.79 Å². The summed E-state index contributed by atoms with van der Waals surface area (Å²) in [5.74, 6) is 2.27. The van der Waals surface area contributed by atoms with Gasteiger partial charge < -0.3 is 10.6 Å². The summed E-state index contributed by atoms with van der Waals surface area (Å²) in [7, 11) is 0. The molecule has 1 saturated carbocycles. The minimum atomic E-state index is 0.146. The summed E-state index contributed by atoms with van der Waals surface area (Å²) in [6.07, 6.45) is 10.1. The van der Waals surface area contributed by atoms with Crippen molar-refractivity contribution in [3.8, 4) is 5.82 Å². The fourth-order valence-electron chi connectivity index (χ4n) is 3.38. The zero-order valence-electron chi connectivity index (χ0n) is 15.4. The Balaban J connectivity index is 1.32. The molecule has 2 heterocycles. The van der Waals surface area contributed by atoms with Crippen LogP contribution in [0, 0.1) is 12.8 Å². The molecule has 2 N–H and O–H groups in total. The first-order valence-corrected chi connectivity index (χ1v) is 9.57. The number of nitrogens with one attached hydrogen (secondary N) is 2. The minimum Gasteiger partial charge on any atom is -0.367 e. The van der Waals surface area contributed by atoms with Crippen molar-refractivity contribution < 1.29 is 4.79 Å². The number of carbonyl (C=O) groups is 1. The minimum absolute atomic E-state index is 0.146. The maximum atomic E-state index is 11.9. The molecular weight excluding hydrogens is 328 g/mol. The first-order chi connectivity index (χ1) is 12.7. The third-order valence-corrected chi connectivity index (χ3v) is 4.87. The Labute approximate surface area is 154 Å². The Morgan fingerprint density at radius 1 is 1.15 bits per heavy atom. The van der Waals surface area contributed by atoms with Gasteiger partial charge in [0.25, 0.3) is 0 Å². The van der Waals surface area contributed by atoms with Crippen LogP contribution in [0.4, 0.5) is 5.82 Å². The molecule has 0 radical (unpaired) electrons. The fraction of sp³-hybridized carbons (Fsp3) is 0.579. The summed E-state index contributed by atoms with van der Waals surface area (Å²) in [5, 5.41) is 18.7. The van der Waals surface area contributed by atoms with Crippen molar-refractivity contribution in [1.29, 1.82) is 0 Å². The molecule has 0 spiro atoms. The highest BCUT2D eigenvalue weighted by Gasteiger charge is 2.14. The second-order valence-electron chi connectivity index (χ2n) is 7.00. The van der Waals surface area contributed by atoms with Crippen LogP contribution in [-0.4, -0.2) is 39.0 Å². The largest absolute Gasteiger partial charge is 0.367 e. The number of hydrogen-bond donors (Lipinski definition) is 2. The van der Waals surface area contributed by atoms with Gasteiger partial charge >= 0.3 is 0 Å². The van der Waals surface area contributed by atoms with Crippen LogP contribution in [0.5, 0.6) is 0 Å². The monoisotopic (exact) mass is 356 g/mol. The SMILES string of the molecule is Cc1ccn(-c2ccc(NCCNC(=O)CCC3CCCCC3)nn2)n1. The number of carbonyl (C=O) groups excluding carboxylic acids is 1. The predicted molar refractivity (Wildman–Crippen MR) is 101 cm³/mol. The van der Waals surface area contributed by atoms with E-state index in [4.69, 9.17) is 0 Å². The van der Waals surface area contributed by atoms with Gasteiger partial charge in [0, 0.05) is 25.7 Å². The average molecular weight is 356 g/mol. The highest BCUT2D eigenvalue weighted by Crippen LogP contribution is 2.27. The smallest absolute Gasteiger partial charge is 0.220 e. The maximum absolute atomic E-state index is 11.9. The Kier molecular flexibility index (Phi) is 6.57. The van der Waals surface area contributed by atoms with Crippen LogP contribution in [0.2, 0.25) is 0 Å². The third-order valence-electron chi connectivity index (χ3n) is 4.87. The van der Waals surface area contributed by atoms with Crippen LogP contribution in [0.25, 0.3) is 5.82 Å². The van der Waals surface area contributed by atoms with E-state index in [1.807, 2.05) is 31.3 Å². The highest BCUT2D eigenvalue weighted by molar-refractivity contribution is 5.75. The van der Waals surface area contributed by atoms with E-state index in [1.165, 1.54) is 32.1 Å². The molecule has 7 heteroatoms. The van der Waals surface area contributed by atoms with Gasteiger partial charge in [-0.15, -0.1) is 10.2 Å². The van der Waals surface area contributed by atoms with Gasteiger partial charge in [-0.1, -0.05) is 32.1 Å². The van der Waals surface area contributed by atoms with Crippen LogP contribution in [0.15, 0.2) is 24.4 Å². The topological polar surface area (TPSA) is 84.7 Å². The molecule has 26 heavy (non-hydrogen) atoms. The van der Waals surface area contributed by atoms with Gasteiger partial charge in [0.1, 0.15) is 5.82 Å². The van der Waals surface area contributed by atoms with Crippen LogP contribution in [0.1, 0.15) is 50.6 Å². The van der Waals surface area contributed by atoms with E-state index in [2.05, 4.69) is 25.9 Å². The van der Waals surface area contributed by atoms with Crippen LogP contribution in [0.3, 0.4) is 0 Å². The molecule has 0 aliphatic heterocycles. The second-order valence-corrected chi connectivity index (χ2v) is 7.00. The van der Waals surface area contributed by atoms with Gasteiger partial charge in [0.15, 0.2) is 5.82 Å². The quantitative estimate of drug-likeness (QED) is 0.711. The van der Waals surface area contributed by atoms with E-state index in [-0.39, 0.29) is 5.91 Å². The Morgan fingerprint density at radius 2 is 2.00 bits per heavy atom. The summed E-state index contributed by atoms with van der Waals surface area (Å²) >= 11 is 0. The van der Waals surface area contributed by atoms with Crippen molar-refractivity contribution in [3.05, 3.63) is 30.1 Å². The summed E-state index contributed by atoms with van der Waals surface area (Å²) in [4.78, 5) is 11.9. The van der Waals surface area contributed by atoms with Crippen LogP contribution in [-0.2, 0) is 4.79 Å². The van der Waals surface area contributed by atoms with E-state index in [0.717, 1.165) is 18.0 Å². The average Bonchev–Trinajstić information content (AvgIpc) is 3.11. The zero-order chi connectivity index (χ0) is 18.2. The van der Waals surface area contributed by atoms with Gasteiger partial charge in [-0.2, -0.15) is 5.10 Å². The number of aryl methyl sites for hydroxylation is 1. The molecule has 0 atom stereocenters. The number of anilines is 1. The van der Waals surface area contributed by atoms with Crippen molar-refractivity contribution >= 4 is 11.7 Å². The fourth-order valence-corrected chi connectivity index (χ4v) is 3.38. The van der Waals surface area contributed by atoms with Crippen LogP contribution < -0.4 is 10.6 Å². The van der Waals surface area contributed by atoms with Crippen molar-refractivity contribution in [3.63, 3.8) is 0 Å². The standard InChI is InChI=1S/C19H28N6O/c1-15-11-14-25(24-15)18-9-8-17(22-23-18)20-12-13-21-19(26)10-7-16-5-3-2-4-6-16/h8-9,11,14,16H,2-7,10,12-13H2,1H3,(H,20,22)(H,21,26). The van der Waals surface area contributed by atoms with E-state index < -0.39 is 0 Å². The Hall–Kier alpha value is -2.44. The molecule has 7 nitrogen and oxygen atoms in total. The molecule has 1 fully saturated rings. The lowest BCUT2D eigenvalue weighted by molar-refractivity contribution is -0.121. The Morgan fingerprint density at radius 3 is 2.69 bits per heavy atom. The summed E-state index contributed by atoms with van der Waals surface area (Å²) < 4.78 is 1.69. The maximum Gasteiger partial charge on any atom is 0.220 e. The number of amides is 1. The van der Waals surface area contributed by atoms with E-state index in [9.17, 15) is 4.79 Å². The van der Waals surface area contributed by atoms with Crippen molar-refractivity contribution in [2.45, 2.75) is 51.9 Å². The van der Waals surface area contributed by atoms with E-state index in [1.54, 1.807) is 4.68 Å². The molecule has 2 aromatic rings. The van der Waals surface area contributed by atoms with Gasteiger partial charge in [-0.25, -0.2) is 4.68 Å². The lowest BCUT2D eigenvalue weighted by Gasteiger charge is -2.20.